The molecule has 1 rings (SSSR count). The van der Waals surface area contributed by atoms with Crippen molar-refractivity contribution >= 4 is 23.0 Å². The Kier molecular flexibility index (Phi) is 7.61. The van der Waals surface area contributed by atoms with Crippen molar-refractivity contribution in [3.05, 3.63) is 35.6 Å². The number of benzene rings is 1. The highest BCUT2D eigenvalue weighted by Gasteiger charge is 2.23. The van der Waals surface area contributed by atoms with Crippen LogP contribution in [0.4, 0.5) is 15.8 Å². The van der Waals surface area contributed by atoms with E-state index in [-0.39, 0.29) is 11.6 Å². The molecular formula is C15H24ClFN2O. The van der Waals surface area contributed by atoms with Gasteiger partial charge in [0.25, 0.3) is 0 Å². The summed E-state index contributed by atoms with van der Waals surface area (Å²) in [6.45, 7) is 11.7. The van der Waals surface area contributed by atoms with Gasteiger partial charge < -0.3 is 16.2 Å². The second-order valence-corrected chi connectivity index (χ2v) is 4.95. The third-order valence-corrected chi connectivity index (χ3v) is 3.68. The zero-order valence-corrected chi connectivity index (χ0v) is 13.1. The van der Waals surface area contributed by atoms with Gasteiger partial charge in [0.2, 0.25) is 0 Å². The minimum Gasteiger partial charge on any atom is -0.397 e. The molecule has 4 N–H and O–H groups in total. The number of nitrogen functional groups attached to an aromatic ring is 1. The van der Waals surface area contributed by atoms with E-state index in [1.165, 1.54) is 6.07 Å². The first-order valence-electron chi connectivity index (χ1n) is 6.55. The van der Waals surface area contributed by atoms with E-state index in [0.29, 0.717) is 29.8 Å². The lowest BCUT2D eigenvalue weighted by molar-refractivity contribution is 0.0457. The average Bonchev–Trinajstić information content (AvgIpc) is 2.46. The second kappa shape index (κ2) is 8.12. The third-order valence-electron chi connectivity index (χ3n) is 3.33. The number of rotatable bonds is 5. The summed E-state index contributed by atoms with van der Waals surface area (Å²) in [6.07, 6.45) is 1.20. The van der Waals surface area contributed by atoms with Gasteiger partial charge in [0.1, 0.15) is 10.8 Å². The fraction of sp³-hybridized carbons (Fsp3) is 0.467. The molecule has 0 heterocycles. The van der Waals surface area contributed by atoms with Gasteiger partial charge in [-0.3, -0.25) is 0 Å². The van der Waals surface area contributed by atoms with Gasteiger partial charge in [-0.25, -0.2) is 4.39 Å². The summed E-state index contributed by atoms with van der Waals surface area (Å²) in [5, 5.41) is 13.1. The van der Waals surface area contributed by atoms with Crippen LogP contribution in [0.3, 0.4) is 0 Å². The molecule has 0 saturated heterocycles. The molecule has 0 aliphatic carbocycles. The molecule has 20 heavy (non-hydrogen) atoms. The Morgan fingerprint density at radius 1 is 1.40 bits per heavy atom. The zero-order chi connectivity index (χ0) is 15.9. The molecule has 3 nitrogen and oxygen atoms in total. The maximum Gasteiger partial charge on any atom is 0.146 e. The molecule has 0 spiro atoms. The monoisotopic (exact) mass is 302 g/mol. The Bertz CT molecular complexity index is 448. The van der Waals surface area contributed by atoms with Crippen molar-refractivity contribution < 1.29 is 9.50 Å². The van der Waals surface area contributed by atoms with E-state index in [4.69, 9.17) is 17.3 Å². The fourth-order valence-electron chi connectivity index (χ4n) is 1.71. The molecule has 0 saturated carbocycles. The fourth-order valence-corrected chi connectivity index (χ4v) is 2.04. The van der Waals surface area contributed by atoms with Crippen molar-refractivity contribution in [2.24, 2.45) is 0 Å². The number of hydrogen-bond donors (Lipinski definition) is 3. The molecule has 0 fully saturated rings. The number of aliphatic hydroxyl groups is 1. The van der Waals surface area contributed by atoms with Crippen LogP contribution in [0.25, 0.3) is 0 Å². The molecule has 0 unspecified atom stereocenters. The standard InChI is InChI=1S/C13H20ClFN2O.C2H4/c1-4-13(18,5-2)7-17-12-9(16)6-8(3)11(15)10(12)14;1-2/h6,17-18H,4-5,7,16H2,1-3H3;1-2H2. The summed E-state index contributed by atoms with van der Waals surface area (Å²) in [4.78, 5) is 0. The topological polar surface area (TPSA) is 58.3 Å². The second-order valence-electron chi connectivity index (χ2n) is 4.57. The average molecular weight is 303 g/mol. The summed E-state index contributed by atoms with van der Waals surface area (Å²) < 4.78 is 13.7. The zero-order valence-electron chi connectivity index (χ0n) is 12.4. The van der Waals surface area contributed by atoms with E-state index in [9.17, 15) is 9.50 Å². The molecule has 0 bridgehead atoms. The van der Waals surface area contributed by atoms with Gasteiger partial charge in [0, 0.05) is 6.54 Å². The molecule has 1 aromatic rings. The van der Waals surface area contributed by atoms with E-state index in [1.807, 2.05) is 13.8 Å². The first-order valence-corrected chi connectivity index (χ1v) is 6.92. The van der Waals surface area contributed by atoms with E-state index in [0.717, 1.165) is 0 Å². The largest absolute Gasteiger partial charge is 0.397 e. The van der Waals surface area contributed by atoms with Gasteiger partial charge in [0.15, 0.2) is 0 Å². The Morgan fingerprint density at radius 2 is 1.90 bits per heavy atom. The third kappa shape index (κ3) is 4.39. The summed E-state index contributed by atoms with van der Waals surface area (Å²) in [7, 11) is 0. The van der Waals surface area contributed by atoms with Crippen LogP contribution in [0.2, 0.25) is 5.02 Å². The van der Waals surface area contributed by atoms with E-state index in [2.05, 4.69) is 18.5 Å². The van der Waals surface area contributed by atoms with Crippen molar-refractivity contribution in [3.8, 4) is 0 Å². The molecule has 0 amide bonds. The highest BCUT2D eigenvalue weighted by atomic mass is 35.5. The van der Waals surface area contributed by atoms with Crippen LogP contribution in [0.15, 0.2) is 19.2 Å². The maximum absolute atomic E-state index is 13.7. The van der Waals surface area contributed by atoms with E-state index < -0.39 is 11.4 Å². The molecule has 0 radical (unpaired) electrons. The lowest BCUT2D eigenvalue weighted by Gasteiger charge is -2.26. The van der Waals surface area contributed by atoms with Crippen molar-refractivity contribution in [1.29, 1.82) is 0 Å². The smallest absolute Gasteiger partial charge is 0.146 e. The van der Waals surface area contributed by atoms with Crippen LogP contribution >= 0.6 is 11.6 Å². The highest BCUT2D eigenvalue weighted by Crippen LogP contribution is 2.33. The molecule has 0 aliphatic rings. The predicted octanol–water partition coefficient (Wildman–Crippen LogP) is 4.13. The highest BCUT2D eigenvalue weighted by molar-refractivity contribution is 6.34. The van der Waals surface area contributed by atoms with Crippen LogP contribution in [0.5, 0.6) is 0 Å². The molecule has 5 heteroatoms. The number of nitrogens with two attached hydrogens (primary N) is 1. The normalized spacial score (nSPS) is 10.7. The summed E-state index contributed by atoms with van der Waals surface area (Å²) in [5.41, 5.74) is 6.11. The number of anilines is 2. The molecule has 0 aromatic heterocycles. The molecular weight excluding hydrogens is 279 g/mol. The first kappa shape index (κ1) is 18.7. The van der Waals surface area contributed by atoms with Crippen LogP contribution in [0, 0.1) is 12.7 Å². The number of aryl methyl sites for hydroxylation is 1. The maximum atomic E-state index is 13.7. The van der Waals surface area contributed by atoms with Gasteiger partial charge in [-0.2, -0.15) is 0 Å². The lowest BCUT2D eigenvalue weighted by atomic mass is 9.97. The van der Waals surface area contributed by atoms with E-state index in [1.54, 1.807) is 6.92 Å². The van der Waals surface area contributed by atoms with Crippen LogP contribution < -0.4 is 11.1 Å². The molecule has 1 aromatic carbocycles. The van der Waals surface area contributed by atoms with Crippen LogP contribution in [0.1, 0.15) is 32.3 Å². The SMILES string of the molecule is C=C.CCC(O)(CC)CNc1c(N)cc(C)c(F)c1Cl. The summed E-state index contributed by atoms with van der Waals surface area (Å²) in [5.74, 6) is -0.482. The van der Waals surface area contributed by atoms with Crippen LogP contribution in [-0.4, -0.2) is 17.3 Å². The van der Waals surface area contributed by atoms with Gasteiger partial charge in [-0.15, -0.1) is 13.2 Å². The molecule has 114 valence electrons. The Labute approximate surface area is 125 Å². The van der Waals surface area contributed by atoms with Gasteiger partial charge >= 0.3 is 0 Å². The van der Waals surface area contributed by atoms with Gasteiger partial charge in [0.05, 0.1) is 17.0 Å². The Morgan fingerprint density at radius 3 is 2.35 bits per heavy atom. The summed E-state index contributed by atoms with van der Waals surface area (Å²) >= 11 is 5.92. The van der Waals surface area contributed by atoms with Crippen molar-refractivity contribution in [2.45, 2.75) is 39.2 Å². The number of halogens is 2. The Hall–Kier alpha value is -1.26. The predicted molar refractivity (Wildman–Crippen MR) is 85.8 cm³/mol. The molecule has 0 aliphatic heterocycles. The summed E-state index contributed by atoms with van der Waals surface area (Å²) in [6, 6.07) is 1.53. The first-order chi connectivity index (χ1) is 9.34. The minimum absolute atomic E-state index is 0.0259. The number of nitrogens with one attached hydrogen (secondary N) is 1. The quantitative estimate of drug-likeness (QED) is 0.566. The Balaban J connectivity index is 0.00000172. The van der Waals surface area contributed by atoms with E-state index >= 15 is 0 Å². The minimum atomic E-state index is -0.836. The van der Waals surface area contributed by atoms with Crippen LogP contribution in [-0.2, 0) is 0 Å². The van der Waals surface area contributed by atoms with Crippen molar-refractivity contribution in [2.75, 3.05) is 17.6 Å². The number of hydrogen-bond acceptors (Lipinski definition) is 3. The van der Waals surface area contributed by atoms with Gasteiger partial charge in [-0.1, -0.05) is 25.4 Å². The lowest BCUT2D eigenvalue weighted by Crippen LogP contribution is -2.35. The van der Waals surface area contributed by atoms with Crippen molar-refractivity contribution in [3.63, 3.8) is 0 Å². The van der Waals surface area contributed by atoms with Gasteiger partial charge in [-0.05, 0) is 31.4 Å². The van der Waals surface area contributed by atoms with Crippen molar-refractivity contribution in [1.82, 2.24) is 0 Å². The molecule has 0 atom stereocenters.